The first-order valence-electron chi connectivity index (χ1n) is 5.64. The fraction of sp³-hybridized carbons (Fsp3) is 0.188. The van der Waals surface area contributed by atoms with Gasteiger partial charge in [0, 0.05) is 0 Å². The molecule has 0 fully saturated rings. The monoisotopic (exact) mass is 209 g/mol. The Morgan fingerprint density at radius 1 is 0.625 bits per heavy atom. The zero-order valence-corrected chi connectivity index (χ0v) is 10.1. The molecule has 0 aliphatic carbocycles. The molecule has 0 radical (unpaired) electrons. The van der Waals surface area contributed by atoms with E-state index in [9.17, 15) is 0 Å². The number of aryl methyl sites for hydroxylation is 2. The minimum Gasteiger partial charge on any atom is -0.121 e. The highest BCUT2D eigenvalue weighted by Gasteiger charge is 1.99. The molecule has 2 aromatic rings. The normalized spacial score (nSPS) is 10.2. The number of hydrogen-bond acceptors (Lipinski definition) is 0. The molecule has 0 saturated heterocycles. The van der Waals surface area contributed by atoms with Crippen LogP contribution in [0.25, 0.3) is 0 Å². The van der Waals surface area contributed by atoms with E-state index >= 15 is 0 Å². The maximum Gasteiger partial charge on any atom is -0.0410 e. The van der Waals surface area contributed by atoms with Crippen molar-refractivity contribution < 1.29 is 0 Å². The van der Waals surface area contributed by atoms with Crippen molar-refractivity contribution in [3.8, 4) is 0 Å². The second-order valence-corrected chi connectivity index (χ2v) is 4.36. The lowest BCUT2D eigenvalue weighted by atomic mass is 9.92. The van der Waals surface area contributed by atoms with E-state index in [0.717, 1.165) is 0 Å². The van der Waals surface area contributed by atoms with Crippen LogP contribution in [0.1, 0.15) is 29.2 Å². The van der Waals surface area contributed by atoms with Crippen LogP contribution in [0.5, 0.6) is 0 Å². The van der Waals surface area contributed by atoms with Crippen LogP contribution in [-0.2, 0) is 0 Å². The number of rotatable bonds is 2. The van der Waals surface area contributed by atoms with Crippen LogP contribution in [0.4, 0.5) is 0 Å². The Bertz CT molecular complexity index is 403. The average molecular weight is 209 g/mol. The standard InChI is InChI=1S/C16H17/c1-12-4-8-15(9-5-12)14(3)16-10-6-13(2)7-11-16/h4-11H,1-3H3/q-1. The van der Waals surface area contributed by atoms with Gasteiger partial charge in [-0.2, -0.15) is 0 Å². The molecular formula is C16H17-. The second kappa shape index (κ2) is 4.44. The molecule has 0 nitrogen and oxygen atoms in total. The van der Waals surface area contributed by atoms with Crippen molar-refractivity contribution in [1.82, 2.24) is 0 Å². The third kappa shape index (κ3) is 2.27. The van der Waals surface area contributed by atoms with Crippen molar-refractivity contribution >= 4 is 0 Å². The SMILES string of the molecule is Cc1ccc([C-](C)c2ccc(C)cc2)cc1. The van der Waals surface area contributed by atoms with Crippen molar-refractivity contribution in [3.05, 3.63) is 76.7 Å². The minimum absolute atomic E-state index is 1.30. The molecule has 0 bridgehead atoms. The molecule has 0 atom stereocenters. The molecule has 0 saturated carbocycles. The Hall–Kier alpha value is -1.69. The summed E-state index contributed by atoms with van der Waals surface area (Å²) in [4.78, 5) is 0. The molecule has 0 aromatic heterocycles. The molecule has 0 aliphatic heterocycles. The predicted molar refractivity (Wildman–Crippen MR) is 69.5 cm³/mol. The maximum atomic E-state index is 2.19. The minimum atomic E-state index is 1.30. The topological polar surface area (TPSA) is 0 Å². The Labute approximate surface area is 97.9 Å². The Balaban J connectivity index is 2.28. The third-order valence-electron chi connectivity index (χ3n) is 2.97. The number of hydrogen-bond donors (Lipinski definition) is 0. The summed E-state index contributed by atoms with van der Waals surface area (Å²) in [7, 11) is 0. The van der Waals surface area contributed by atoms with E-state index in [1.165, 1.54) is 28.2 Å². The summed E-state index contributed by atoms with van der Waals surface area (Å²) in [6.45, 7) is 6.41. The summed E-state index contributed by atoms with van der Waals surface area (Å²) in [5, 5.41) is 0. The van der Waals surface area contributed by atoms with Gasteiger partial charge in [-0.05, 0) is 13.8 Å². The summed E-state index contributed by atoms with van der Waals surface area (Å²) in [6.07, 6.45) is 0. The molecule has 0 spiro atoms. The van der Waals surface area contributed by atoms with Gasteiger partial charge in [0.2, 0.25) is 0 Å². The van der Waals surface area contributed by atoms with Crippen LogP contribution in [0.3, 0.4) is 0 Å². The molecular weight excluding hydrogens is 192 g/mol. The molecule has 0 heterocycles. The van der Waals surface area contributed by atoms with Gasteiger partial charge >= 0.3 is 0 Å². The van der Waals surface area contributed by atoms with E-state index < -0.39 is 0 Å². The summed E-state index contributed by atoms with van der Waals surface area (Å²) < 4.78 is 0. The first-order valence-corrected chi connectivity index (χ1v) is 5.64. The van der Waals surface area contributed by atoms with Crippen molar-refractivity contribution in [1.29, 1.82) is 0 Å². The summed E-state index contributed by atoms with van der Waals surface area (Å²) in [5.74, 6) is 1.33. The Morgan fingerprint density at radius 3 is 1.25 bits per heavy atom. The lowest BCUT2D eigenvalue weighted by Gasteiger charge is -2.20. The molecule has 2 aromatic carbocycles. The molecule has 0 N–H and O–H groups in total. The van der Waals surface area contributed by atoms with Crippen LogP contribution in [0, 0.1) is 19.8 Å². The van der Waals surface area contributed by atoms with Gasteiger partial charge in [-0.25, -0.2) is 0 Å². The molecule has 0 heteroatoms. The van der Waals surface area contributed by atoms with Crippen LogP contribution in [-0.4, -0.2) is 0 Å². The summed E-state index contributed by atoms with van der Waals surface area (Å²) in [6, 6.07) is 17.4. The van der Waals surface area contributed by atoms with E-state index in [1.807, 2.05) is 0 Å². The van der Waals surface area contributed by atoms with E-state index in [2.05, 4.69) is 69.3 Å². The van der Waals surface area contributed by atoms with Crippen LogP contribution in [0.15, 0.2) is 48.5 Å². The highest BCUT2D eigenvalue weighted by atomic mass is 14.1. The van der Waals surface area contributed by atoms with E-state index in [4.69, 9.17) is 0 Å². The fourth-order valence-electron chi connectivity index (χ4n) is 1.77. The molecule has 0 aliphatic rings. The van der Waals surface area contributed by atoms with E-state index in [0.29, 0.717) is 0 Å². The van der Waals surface area contributed by atoms with Gasteiger partial charge in [-0.15, -0.1) is 41.3 Å². The van der Waals surface area contributed by atoms with Crippen LogP contribution < -0.4 is 0 Å². The number of benzene rings is 2. The van der Waals surface area contributed by atoms with Crippen LogP contribution >= 0.6 is 0 Å². The van der Waals surface area contributed by atoms with Gasteiger partial charge in [0.25, 0.3) is 0 Å². The second-order valence-electron chi connectivity index (χ2n) is 4.36. The summed E-state index contributed by atoms with van der Waals surface area (Å²) in [5.41, 5.74) is 5.21. The lowest BCUT2D eigenvalue weighted by Crippen LogP contribution is -1.96. The smallest absolute Gasteiger partial charge is 0.0410 e. The highest BCUT2D eigenvalue weighted by Crippen LogP contribution is 2.23. The van der Waals surface area contributed by atoms with Gasteiger partial charge in [-0.1, -0.05) is 42.3 Å². The largest absolute Gasteiger partial charge is 0.121 e. The van der Waals surface area contributed by atoms with Gasteiger partial charge in [0.15, 0.2) is 0 Å². The Morgan fingerprint density at radius 2 is 0.938 bits per heavy atom. The molecule has 0 amide bonds. The van der Waals surface area contributed by atoms with E-state index in [1.54, 1.807) is 0 Å². The zero-order chi connectivity index (χ0) is 11.5. The molecule has 82 valence electrons. The van der Waals surface area contributed by atoms with E-state index in [-0.39, 0.29) is 0 Å². The summed E-state index contributed by atoms with van der Waals surface area (Å²) >= 11 is 0. The lowest BCUT2D eigenvalue weighted by molar-refractivity contribution is 1.18. The molecule has 16 heavy (non-hydrogen) atoms. The van der Waals surface area contributed by atoms with Crippen molar-refractivity contribution in [3.63, 3.8) is 0 Å². The van der Waals surface area contributed by atoms with Crippen molar-refractivity contribution in [2.75, 3.05) is 0 Å². The predicted octanol–water partition coefficient (Wildman–Crippen LogP) is 4.29. The van der Waals surface area contributed by atoms with Crippen molar-refractivity contribution in [2.24, 2.45) is 0 Å². The molecule has 2 rings (SSSR count). The van der Waals surface area contributed by atoms with Gasteiger partial charge < -0.3 is 0 Å². The van der Waals surface area contributed by atoms with Crippen LogP contribution in [0.2, 0.25) is 0 Å². The fourth-order valence-corrected chi connectivity index (χ4v) is 1.77. The first kappa shape index (κ1) is 10.8. The first-order chi connectivity index (χ1) is 7.66. The van der Waals surface area contributed by atoms with Gasteiger partial charge in [0.05, 0.1) is 0 Å². The molecule has 0 unspecified atom stereocenters. The quantitative estimate of drug-likeness (QED) is 0.647. The third-order valence-corrected chi connectivity index (χ3v) is 2.97. The van der Waals surface area contributed by atoms with Gasteiger partial charge in [-0.3, -0.25) is 0 Å². The van der Waals surface area contributed by atoms with Crippen molar-refractivity contribution in [2.45, 2.75) is 20.8 Å². The maximum absolute atomic E-state index is 2.19. The highest BCUT2D eigenvalue weighted by molar-refractivity contribution is 5.45. The Kier molecular flexibility index (Phi) is 3.00. The average Bonchev–Trinajstić information content (AvgIpc) is 2.30. The van der Waals surface area contributed by atoms with Gasteiger partial charge in [0.1, 0.15) is 0 Å². The zero-order valence-electron chi connectivity index (χ0n) is 10.1.